The molecule has 3 nitrogen and oxygen atoms in total. The number of nitrogens with zero attached hydrogens (tertiary/aromatic N) is 1. The minimum absolute atomic E-state index is 0.586. The summed E-state index contributed by atoms with van der Waals surface area (Å²) in [6.45, 7) is 2.28. The second kappa shape index (κ2) is 12.4. The second-order valence-electron chi connectivity index (χ2n) is 5.57. The van der Waals surface area contributed by atoms with Crippen molar-refractivity contribution in [1.82, 2.24) is 10.9 Å². The van der Waals surface area contributed by atoms with Crippen molar-refractivity contribution in [3.05, 3.63) is 65.7 Å². The van der Waals surface area contributed by atoms with Gasteiger partial charge in [-0.15, -0.1) is 23.2 Å². The molecule has 0 amide bonds. The molecule has 2 aromatic carbocycles. The van der Waals surface area contributed by atoms with E-state index in [0.717, 1.165) is 28.9 Å². The van der Waals surface area contributed by atoms with E-state index < -0.39 is 0 Å². The Balaban J connectivity index is 1.72. The molecule has 2 aromatic rings. The maximum atomic E-state index is 5.86. The Kier molecular flexibility index (Phi) is 10.2. The Labute approximate surface area is 175 Å². The van der Waals surface area contributed by atoms with Gasteiger partial charge >= 0.3 is 0 Å². The lowest BCUT2D eigenvalue weighted by Crippen LogP contribution is -2.34. The number of anilines is 1. The van der Waals surface area contributed by atoms with Gasteiger partial charge in [0.25, 0.3) is 0 Å². The molecule has 0 bridgehead atoms. The van der Waals surface area contributed by atoms with E-state index in [1.165, 1.54) is 11.1 Å². The van der Waals surface area contributed by atoms with Gasteiger partial charge in [0.2, 0.25) is 0 Å². The van der Waals surface area contributed by atoms with Crippen molar-refractivity contribution >= 4 is 57.2 Å². The van der Waals surface area contributed by atoms with E-state index in [9.17, 15) is 0 Å². The Bertz CT molecular complexity index is 648. The lowest BCUT2D eigenvalue weighted by atomic mass is 10.2. The van der Waals surface area contributed by atoms with Crippen molar-refractivity contribution in [2.45, 2.75) is 12.3 Å². The lowest BCUT2D eigenvalue weighted by molar-refractivity contribution is 0.664. The zero-order valence-corrected chi connectivity index (χ0v) is 17.6. The summed E-state index contributed by atoms with van der Waals surface area (Å²) in [6, 6.07) is 18.7. The number of nitrogens with one attached hydrogen (secondary N) is 2. The number of halogens is 2. The summed E-state index contributed by atoms with van der Waals surface area (Å²) in [7, 11) is 0. The van der Waals surface area contributed by atoms with E-state index in [1.807, 2.05) is 18.2 Å². The van der Waals surface area contributed by atoms with Crippen LogP contribution in [0.25, 0.3) is 0 Å². The van der Waals surface area contributed by atoms with Crippen LogP contribution in [0.3, 0.4) is 0 Å². The summed E-state index contributed by atoms with van der Waals surface area (Å²) in [5, 5.41) is 0. The molecular weight excluding hydrogens is 405 g/mol. The first-order valence-corrected chi connectivity index (χ1v) is 10.8. The van der Waals surface area contributed by atoms with Crippen molar-refractivity contribution in [1.29, 1.82) is 0 Å². The van der Waals surface area contributed by atoms with Crippen LogP contribution in [-0.4, -0.2) is 29.2 Å². The Morgan fingerprint density at radius 2 is 1.58 bits per heavy atom. The zero-order chi connectivity index (χ0) is 18.6. The molecule has 7 heteroatoms. The highest BCUT2D eigenvalue weighted by Gasteiger charge is 2.05. The normalized spacial score (nSPS) is 10.5. The van der Waals surface area contributed by atoms with Gasteiger partial charge in [-0.1, -0.05) is 66.4 Å². The number of alkyl halides is 2. The quantitative estimate of drug-likeness (QED) is 0.323. The molecule has 2 rings (SSSR count). The van der Waals surface area contributed by atoms with Gasteiger partial charge in [-0.05, 0) is 23.3 Å². The molecule has 0 heterocycles. The highest BCUT2D eigenvalue weighted by atomic mass is 35.5. The van der Waals surface area contributed by atoms with Crippen LogP contribution in [0.1, 0.15) is 11.1 Å². The number of thioether (sulfide) groups is 1. The average Bonchev–Trinajstić information content (AvgIpc) is 2.68. The SMILES string of the molecule is S=C(NNCc1ccc(N(CCCl)CCCl)cc1)SCc1ccccc1. The van der Waals surface area contributed by atoms with E-state index >= 15 is 0 Å². The van der Waals surface area contributed by atoms with E-state index in [0.29, 0.717) is 18.3 Å². The highest BCUT2D eigenvalue weighted by molar-refractivity contribution is 8.22. The molecule has 0 radical (unpaired) electrons. The van der Waals surface area contributed by atoms with Gasteiger partial charge in [-0.3, -0.25) is 0 Å². The van der Waals surface area contributed by atoms with Crippen LogP contribution in [0.15, 0.2) is 54.6 Å². The van der Waals surface area contributed by atoms with E-state index in [-0.39, 0.29) is 0 Å². The third-order valence-electron chi connectivity index (χ3n) is 3.71. The zero-order valence-electron chi connectivity index (χ0n) is 14.5. The fraction of sp³-hybridized carbons (Fsp3) is 0.316. The van der Waals surface area contributed by atoms with Gasteiger partial charge in [0, 0.05) is 42.8 Å². The van der Waals surface area contributed by atoms with Crippen LogP contribution in [0.2, 0.25) is 0 Å². The molecule has 0 fully saturated rings. The molecule has 0 atom stereocenters. The Hall–Kier alpha value is -0.980. The van der Waals surface area contributed by atoms with Crippen LogP contribution in [-0.2, 0) is 12.3 Å². The molecule has 26 heavy (non-hydrogen) atoms. The molecule has 0 aliphatic heterocycles. The Morgan fingerprint density at radius 1 is 0.923 bits per heavy atom. The number of hydrogen-bond donors (Lipinski definition) is 2. The summed E-state index contributed by atoms with van der Waals surface area (Å²) in [5.41, 5.74) is 9.82. The molecule has 0 aromatic heterocycles. The highest BCUT2D eigenvalue weighted by Crippen LogP contribution is 2.16. The van der Waals surface area contributed by atoms with Gasteiger partial charge in [-0.25, -0.2) is 5.43 Å². The number of hydrogen-bond acceptors (Lipinski definition) is 4. The minimum Gasteiger partial charge on any atom is -0.369 e. The van der Waals surface area contributed by atoms with Gasteiger partial charge in [0.05, 0.1) is 0 Å². The van der Waals surface area contributed by atoms with Crippen LogP contribution in [0, 0.1) is 0 Å². The summed E-state index contributed by atoms with van der Waals surface area (Å²) < 4.78 is 0.737. The molecule has 0 saturated heterocycles. The van der Waals surface area contributed by atoms with E-state index in [4.69, 9.17) is 35.4 Å². The van der Waals surface area contributed by atoms with Crippen LogP contribution < -0.4 is 15.8 Å². The topological polar surface area (TPSA) is 27.3 Å². The number of thiocarbonyl (C=S) groups is 1. The average molecular weight is 428 g/mol. The van der Waals surface area contributed by atoms with Gasteiger partial charge < -0.3 is 10.3 Å². The fourth-order valence-corrected chi connectivity index (χ4v) is 3.67. The first kappa shape index (κ1) is 21.3. The van der Waals surface area contributed by atoms with Gasteiger partial charge in [-0.2, -0.15) is 0 Å². The predicted octanol–water partition coefficient (Wildman–Crippen LogP) is 4.78. The molecule has 2 N–H and O–H groups in total. The lowest BCUT2D eigenvalue weighted by Gasteiger charge is -2.23. The van der Waals surface area contributed by atoms with Crippen molar-refractivity contribution in [3.8, 4) is 0 Å². The molecule has 0 saturated carbocycles. The van der Waals surface area contributed by atoms with Crippen LogP contribution in [0.5, 0.6) is 0 Å². The number of rotatable bonds is 10. The molecule has 140 valence electrons. The monoisotopic (exact) mass is 427 g/mol. The van der Waals surface area contributed by atoms with Gasteiger partial charge in [0.1, 0.15) is 4.32 Å². The van der Waals surface area contributed by atoms with E-state index in [2.05, 4.69) is 52.1 Å². The standard InChI is InChI=1S/C19H23Cl2N3S2/c20-10-12-24(13-11-21)18-8-6-16(7-9-18)14-22-23-19(25)26-15-17-4-2-1-3-5-17/h1-9,22H,10-15H2,(H,23,25). The summed E-state index contributed by atoms with van der Waals surface area (Å²) in [4.78, 5) is 2.19. The Morgan fingerprint density at radius 3 is 2.19 bits per heavy atom. The van der Waals surface area contributed by atoms with Crippen molar-refractivity contribution in [2.24, 2.45) is 0 Å². The summed E-state index contributed by atoms with van der Waals surface area (Å²) >= 11 is 18.7. The number of benzene rings is 2. The third-order valence-corrected chi connectivity index (χ3v) is 5.34. The van der Waals surface area contributed by atoms with Crippen LogP contribution >= 0.6 is 47.2 Å². The predicted molar refractivity (Wildman–Crippen MR) is 120 cm³/mol. The van der Waals surface area contributed by atoms with E-state index in [1.54, 1.807) is 11.8 Å². The maximum Gasteiger partial charge on any atom is 0.148 e. The largest absolute Gasteiger partial charge is 0.369 e. The maximum absolute atomic E-state index is 5.86. The number of hydrazine groups is 1. The van der Waals surface area contributed by atoms with Gasteiger partial charge in [0.15, 0.2) is 0 Å². The third kappa shape index (κ3) is 7.72. The molecule has 0 aliphatic carbocycles. The fourth-order valence-electron chi connectivity index (χ4n) is 2.38. The van der Waals surface area contributed by atoms with Crippen molar-refractivity contribution < 1.29 is 0 Å². The smallest absolute Gasteiger partial charge is 0.148 e. The summed E-state index contributed by atoms with van der Waals surface area (Å²) in [5.74, 6) is 2.03. The van der Waals surface area contributed by atoms with Crippen LogP contribution in [0.4, 0.5) is 5.69 Å². The summed E-state index contributed by atoms with van der Waals surface area (Å²) in [6.07, 6.45) is 0. The molecular formula is C19H23Cl2N3S2. The second-order valence-corrected chi connectivity index (χ2v) is 7.98. The molecule has 0 spiro atoms. The van der Waals surface area contributed by atoms with Crippen molar-refractivity contribution in [3.63, 3.8) is 0 Å². The first-order valence-electron chi connectivity index (χ1n) is 8.38. The molecule has 0 aliphatic rings. The van der Waals surface area contributed by atoms with Crippen molar-refractivity contribution in [2.75, 3.05) is 29.7 Å². The minimum atomic E-state index is 0.586. The first-order chi connectivity index (χ1) is 12.7. The molecule has 0 unspecified atom stereocenters.